The first-order chi connectivity index (χ1) is 12.7. The number of rotatable bonds is 6. The molecule has 0 aliphatic carbocycles. The Morgan fingerprint density at radius 1 is 1.25 bits per heavy atom. The van der Waals surface area contributed by atoms with E-state index < -0.39 is 0 Å². The van der Waals surface area contributed by atoms with Crippen LogP contribution in [0.15, 0.2) is 23.2 Å². The Kier molecular flexibility index (Phi) is 10.4. The van der Waals surface area contributed by atoms with Crippen molar-refractivity contribution in [3.63, 3.8) is 0 Å². The number of nitrogens with zero attached hydrogens (tertiary/aromatic N) is 3. The lowest BCUT2D eigenvalue weighted by atomic mass is 9.84. The minimum atomic E-state index is -0.317. The number of hydrogen-bond acceptors (Lipinski definition) is 3. The number of aliphatic imine (C=N–C) groups is 1. The molecule has 1 aliphatic rings. The highest BCUT2D eigenvalue weighted by molar-refractivity contribution is 14.0. The highest BCUT2D eigenvalue weighted by Crippen LogP contribution is 2.29. The second kappa shape index (κ2) is 11.5. The van der Waals surface area contributed by atoms with Crippen LogP contribution in [0.3, 0.4) is 0 Å². The van der Waals surface area contributed by atoms with Gasteiger partial charge in [0.15, 0.2) is 5.96 Å². The molecule has 1 unspecified atom stereocenters. The maximum atomic E-state index is 13.3. The molecule has 1 heterocycles. The van der Waals surface area contributed by atoms with Crippen molar-refractivity contribution in [3.05, 3.63) is 34.6 Å². The molecule has 1 aromatic rings. The van der Waals surface area contributed by atoms with Crippen molar-refractivity contribution in [1.82, 2.24) is 20.4 Å². The largest absolute Gasteiger partial charge is 0.356 e. The Balaban J connectivity index is 0.00000392. The fraction of sp³-hybridized carbons (Fsp3) is 0.650. The van der Waals surface area contributed by atoms with Gasteiger partial charge in [0.25, 0.3) is 0 Å². The predicted molar refractivity (Wildman–Crippen MR) is 128 cm³/mol. The molecule has 28 heavy (non-hydrogen) atoms. The van der Waals surface area contributed by atoms with Gasteiger partial charge in [0.2, 0.25) is 0 Å². The van der Waals surface area contributed by atoms with Gasteiger partial charge in [-0.25, -0.2) is 4.39 Å². The normalized spacial score (nSPS) is 17.8. The minimum Gasteiger partial charge on any atom is -0.356 e. The Morgan fingerprint density at radius 2 is 1.89 bits per heavy atom. The zero-order chi connectivity index (χ0) is 20.0. The van der Waals surface area contributed by atoms with Crippen LogP contribution in [-0.2, 0) is 5.41 Å². The van der Waals surface area contributed by atoms with Gasteiger partial charge < -0.3 is 15.5 Å². The summed E-state index contributed by atoms with van der Waals surface area (Å²) >= 11 is 6.24. The van der Waals surface area contributed by atoms with Crippen molar-refractivity contribution in [2.24, 2.45) is 4.99 Å². The molecule has 1 atom stereocenters. The lowest BCUT2D eigenvalue weighted by Crippen LogP contribution is -2.52. The molecular weight excluding hydrogens is 492 g/mol. The van der Waals surface area contributed by atoms with Gasteiger partial charge in [-0.1, -0.05) is 31.5 Å². The molecule has 0 saturated carbocycles. The Hall–Kier alpha value is -0.640. The molecule has 8 heteroatoms. The van der Waals surface area contributed by atoms with E-state index in [1.165, 1.54) is 12.1 Å². The number of halogens is 3. The van der Waals surface area contributed by atoms with Crippen molar-refractivity contribution < 1.29 is 4.39 Å². The number of hydrogen-bond donors (Lipinski definition) is 2. The molecule has 1 fully saturated rings. The number of guanidine groups is 1. The maximum Gasteiger partial charge on any atom is 0.191 e. The molecule has 1 aromatic carbocycles. The van der Waals surface area contributed by atoms with Crippen LogP contribution in [0.4, 0.5) is 4.39 Å². The van der Waals surface area contributed by atoms with Crippen molar-refractivity contribution >= 4 is 41.5 Å². The quantitative estimate of drug-likeness (QED) is 0.340. The van der Waals surface area contributed by atoms with E-state index in [1.54, 1.807) is 13.1 Å². The number of nitrogens with one attached hydrogen (secondary N) is 2. The predicted octanol–water partition coefficient (Wildman–Crippen LogP) is 3.18. The van der Waals surface area contributed by atoms with Gasteiger partial charge in [0, 0.05) is 62.8 Å². The first-order valence-corrected chi connectivity index (χ1v) is 9.93. The van der Waals surface area contributed by atoms with Crippen LogP contribution in [-0.4, -0.2) is 75.2 Å². The molecule has 1 saturated heterocycles. The van der Waals surface area contributed by atoms with Crippen molar-refractivity contribution in [2.75, 3.05) is 53.4 Å². The molecule has 0 spiro atoms. The van der Waals surface area contributed by atoms with E-state index in [4.69, 9.17) is 11.6 Å². The Labute approximate surface area is 191 Å². The average Bonchev–Trinajstić information content (AvgIpc) is 2.61. The van der Waals surface area contributed by atoms with Crippen molar-refractivity contribution in [1.29, 1.82) is 0 Å². The zero-order valence-electron chi connectivity index (χ0n) is 17.6. The Morgan fingerprint density at radius 3 is 2.46 bits per heavy atom. The highest BCUT2D eigenvalue weighted by atomic mass is 127. The molecule has 1 aliphatic heterocycles. The second-order valence-electron chi connectivity index (χ2n) is 8.00. The maximum absolute atomic E-state index is 13.3. The lowest BCUT2D eigenvalue weighted by molar-refractivity contribution is 0.120. The van der Waals surface area contributed by atoms with E-state index >= 15 is 0 Å². The SMILES string of the molecule is CN=C(NCC(C)N1CCN(C)CC1)NCC(C)(C)c1ccc(F)cc1Cl.I. The number of likely N-dealkylation sites (N-methyl/N-ethyl adjacent to an activating group) is 1. The lowest BCUT2D eigenvalue weighted by Gasteiger charge is -2.36. The van der Waals surface area contributed by atoms with Gasteiger partial charge in [-0.3, -0.25) is 9.89 Å². The van der Waals surface area contributed by atoms with E-state index in [0.717, 1.165) is 44.2 Å². The molecule has 160 valence electrons. The van der Waals surface area contributed by atoms with Crippen LogP contribution in [0.25, 0.3) is 0 Å². The summed E-state index contributed by atoms with van der Waals surface area (Å²) < 4.78 is 13.3. The fourth-order valence-electron chi connectivity index (χ4n) is 3.30. The number of benzene rings is 1. The first kappa shape index (κ1) is 25.4. The molecule has 0 bridgehead atoms. The van der Waals surface area contributed by atoms with Gasteiger partial charge in [-0.2, -0.15) is 0 Å². The molecule has 2 N–H and O–H groups in total. The Bertz CT molecular complexity index is 647. The van der Waals surface area contributed by atoms with Gasteiger partial charge in [0.05, 0.1) is 0 Å². The van der Waals surface area contributed by atoms with E-state index in [1.807, 2.05) is 0 Å². The van der Waals surface area contributed by atoms with Crippen LogP contribution >= 0.6 is 35.6 Å². The van der Waals surface area contributed by atoms with Crippen molar-refractivity contribution in [3.8, 4) is 0 Å². The third-order valence-electron chi connectivity index (χ3n) is 5.31. The molecule has 0 aromatic heterocycles. The van der Waals surface area contributed by atoms with Crippen LogP contribution in [0.5, 0.6) is 0 Å². The monoisotopic (exact) mass is 525 g/mol. The minimum absolute atomic E-state index is 0. The molecule has 0 amide bonds. The first-order valence-electron chi connectivity index (χ1n) is 9.55. The van der Waals surface area contributed by atoms with Crippen LogP contribution in [0, 0.1) is 5.82 Å². The molecule has 0 radical (unpaired) electrons. The molecule has 2 rings (SSSR count). The summed E-state index contributed by atoms with van der Waals surface area (Å²) in [4.78, 5) is 9.19. The van der Waals surface area contributed by atoms with E-state index in [0.29, 0.717) is 17.6 Å². The summed E-state index contributed by atoms with van der Waals surface area (Å²) in [7, 11) is 3.94. The van der Waals surface area contributed by atoms with Gasteiger partial charge >= 0.3 is 0 Å². The van der Waals surface area contributed by atoms with Crippen LogP contribution in [0.2, 0.25) is 5.02 Å². The topological polar surface area (TPSA) is 42.9 Å². The summed E-state index contributed by atoms with van der Waals surface area (Å²) in [5, 5.41) is 7.24. The van der Waals surface area contributed by atoms with Gasteiger partial charge in [-0.05, 0) is 31.7 Å². The summed E-state index contributed by atoms with van der Waals surface area (Å²) in [6, 6.07) is 5.01. The summed E-state index contributed by atoms with van der Waals surface area (Å²) in [5.74, 6) is 0.449. The molecule has 5 nitrogen and oxygen atoms in total. The van der Waals surface area contributed by atoms with Gasteiger partial charge in [0.1, 0.15) is 5.82 Å². The molecular formula is C20H34ClFIN5. The van der Waals surface area contributed by atoms with Crippen molar-refractivity contribution in [2.45, 2.75) is 32.2 Å². The van der Waals surface area contributed by atoms with Gasteiger partial charge in [-0.15, -0.1) is 24.0 Å². The van der Waals surface area contributed by atoms with E-state index in [-0.39, 0.29) is 35.2 Å². The van der Waals surface area contributed by atoms with Crippen LogP contribution in [0.1, 0.15) is 26.3 Å². The summed E-state index contributed by atoms with van der Waals surface area (Å²) in [6.45, 7) is 12.3. The average molecular weight is 526 g/mol. The number of piperazine rings is 1. The van der Waals surface area contributed by atoms with Crippen LogP contribution < -0.4 is 10.6 Å². The fourth-order valence-corrected chi connectivity index (χ4v) is 3.72. The summed E-state index contributed by atoms with van der Waals surface area (Å²) in [6.07, 6.45) is 0. The van der Waals surface area contributed by atoms with E-state index in [2.05, 4.69) is 53.2 Å². The standard InChI is InChI=1S/C20H33ClFN5.HI/c1-15(27-10-8-26(5)9-11-27)13-24-19(23-4)25-14-20(2,3)17-7-6-16(22)12-18(17)21;/h6-7,12,15H,8-11,13-14H2,1-5H3,(H2,23,24,25);1H. The highest BCUT2D eigenvalue weighted by Gasteiger charge is 2.24. The second-order valence-corrected chi connectivity index (χ2v) is 8.41. The summed E-state index contributed by atoms with van der Waals surface area (Å²) in [5.41, 5.74) is 0.658. The van der Waals surface area contributed by atoms with E-state index in [9.17, 15) is 4.39 Å². The zero-order valence-corrected chi connectivity index (χ0v) is 20.6. The third-order valence-corrected chi connectivity index (χ3v) is 5.62. The third kappa shape index (κ3) is 7.31. The smallest absolute Gasteiger partial charge is 0.191 e.